The second kappa shape index (κ2) is 20.5. The minimum Gasteiger partial charge on any atom is -0.497 e. The molecule has 0 spiro atoms. The highest BCUT2D eigenvalue weighted by atomic mass is 32.2. The molecule has 5 N–H and O–H groups in total. The number of allylic oxidation sites excluding steroid dienone is 1. The third kappa shape index (κ3) is 12.7. The highest BCUT2D eigenvalue weighted by Gasteiger charge is 2.63. The van der Waals surface area contributed by atoms with E-state index in [1.165, 1.54) is 0 Å². The standard InChI is InChI=1S/C25H39N3O5S.C10H10N2O2.C5H8F3NO2.C2H6.4H2/c1-4-24(11-12-24)34(32,33)27-23(31)25-16-19(25)9-6-5-8-17(2)14-18(3)15-21(29)28-13-7-10-20(28)22(30)26-25;1-6-10(13)12-8-4-3-7(14-2)5-9(8)11-6;1-4(2,5(6,7)8)11-3(9)10;1-2;;;;/h6,9,17-20H,4-5,7-8,10-16H2,1-3H3,(H,26,30)(H,27,31);3-5H,1-2H3,(H,12,13);1-2H3,(H2,9,10);1-2H3;4*1H/b9-6-;;;;;;;/t17-,18-,19-,20?,25?;;;;;;;/m1......./s1. The van der Waals surface area contributed by atoms with Gasteiger partial charge in [-0.05, 0) is 103 Å². The van der Waals surface area contributed by atoms with Crippen LogP contribution in [0.3, 0.4) is 0 Å². The van der Waals surface area contributed by atoms with E-state index in [4.69, 9.17) is 4.74 Å². The molecule has 19 heteroatoms. The van der Waals surface area contributed by atoms with Gasteiger partial charge in [0.1, 0.15) is 23.0 Å². The summed E-state index contributed by atoms with van der Waals surface area (Å²) in [4.78, 5) is 69.4. The average Bonchev–Trinajstić information content (AvgIpc) is 4.07. The van der Waals surface area contributed by atoms with Gasteiger partial charge < -0.3 is 30.4 Å². The highest BCUT2D eigenvalue weighted by molar-refractivity contribution is 7.91. The molecular formula is C42H71F3N6O9S. The first-order valence-corrected chi connectivity index (χ1v) is 22.3. The van der Waals surface area contributed by atoms with Crippen molar-refractivity contribution in [1.82, 2.24) is 24.9 Å². The minimum atomic E-state index is -4.60. The molecule has 3 heterocycles. The van der Waals surface area contributed by atoms with Crippen molar-refractivity contribution < 1.29 is 55.9 Å². The number of carbonyl (C=O) groups is 4. The number of halogens is 3. The average molecular weight is 893 g/mol. The van der Waals surface area contributed by atoms with Gasteiger partial charge in [0, 0.05) is 30.7 Å². The van der Waals surface area contributed by atoms with Crippen molar-refractivity contribution in [2.24, 2.45) is 23.5 Å². The number of alkyl halides is 3. The summed E-state index contributed by atoms with van der Waals surface area (Å²) >= 11 is 0. The van der Waals surface area contributed by atoms with Crippen LogP contribution in [0.1, 0.15) is 124 Å². The number of fused-ring (bicyclic) bond motifs is 3. The van der Waals surface area contributed by atoms with Crippen LogP contribution in [0.25, 0.3) is 11.0 Å². The number of nitrogens with one attached hydrogen (secondary N) is 3. The van der Waals surface area contributed by atoms with Crippen LogP contribution < -0.4 is 26.1 Å². The van der Waals surface area contributed by atoms with Gasteiger partial charge in [0.15, 0.2) is 0 Å². The number of rotatable bonds is 6. The molecule has 1 aromatic carbocycles. The van der Waals surface area contributed by atoms with Gasteiger partial charge in [-0.15, -0.1) is 0 Å². The fourth-order valence-corrected chi connectivity index (χ4v) is 9.09. The molecule has 0 bridgehead atoms. The predicted octanol–water partition coefficient (Wildman–Crippen LogP) is 7.32. The summed E-state index contributed by atoms with van der Waals surface area (Å²) in [6, 6.07) is 4.74. The Labute approximate surface area is 362 Å². The Morgan fingerprint density at radius 3 is 2.31 bits per heavy atom. The molecule has 61 heavy (non-hydrogen) atoms. The summed E-state index contributed by atoms with van der Waals surface area (Å²) in [7, 11) is -2.22. The Hall–Kier alpha value is -4.68. The zero-order valence-electron chi connectivity index (χ0n) is 36.7. The van der Waals surface area contributed by atoms with Crippen molar-refractivity contribution in [3.05, 3.63) is 46.4 Å². The molecule has 350 valence electrons. The number of sulfonamides is 1. The van der Waals surface area contributed by atoms with Crippen molar-refractivity contribution in [2.75, 3.05) is 13.7 Å². The Morgan fingerprint density at radius 1 is 1.10 bits per heavy atom. The normalized spacial score (nSPS) is 25.3. The Bertz CT molecular complexity index is 2110. The molecule has 4 amide bonds. The smallest absolute Gasteiger partial charge is 0.427 e. The second-order valence-electron chi connectivity index (χ2n) is 16.6. The topological polar surface area (TPSA) is 220 Å². The Balaban J connectivity index is 0. The van der Waals surface area contributed by atoms with Crippen molar-refractivity contribution >= 4 is 44.9 Å². The van der Waals surface area contributed by atoms with E-state index in [9.17, 15) is 45.6 Å². The molecule has 2 unspecified atom stereocenters. The third-order valence-electron chi connectivity index (χ3n) is 11.5. The third-order valence-corrected chi connectivity index (χ3v) is 13.8. The number of hydrogen-bond donors (Lipinski definition) is 4. The summed E-state index contributed by atoms with van der Waals surface area (Å²) in [5, 5.41) is 2.90. The van der Waals surface area contributed by atoms with Crippen LogP contribution in [0.5, 0.6) is 5.75 Å². The van der Waals surface area contributed by atoms with Crippen molar-refractivity contribution in [3.8, 4) is 5.75 Å². The number of H-pyrrole nitrogens is 1. The lowest BCUT2D eigenvalue weighted by Gasteiger charge is -2.28. The molecule has 1 aromatic heterocycles. The number of aromatic nitrogens is 2. The van der Waals surface area contributed by atoms with Gasteiger partial charge in [-0.25, -0.2) is 18.2 Å². The van der Waals surface area contributed by atoms with Crippen molar-refractivity contribution in [3.63, 3.8) is 0 Å². The van der Waals surface area contributed by atoms with Crippen LogP contribution in [0, 0.1) is 24.7 Å². The van der Waals surface area contributed by atoms with Crippen LogP contribution in [-0.2, 0) is 29.1 Å². The summed E-state index contributed by atoms with van der Waals surface area (Å²) < 4.78 is 71.7. The molecule has 6 rings (SSSR count). The van der Waals surface area contributed by atoms with Gasteiger partial charge in [-0.1, -0.05) is 46.8 Å². The summed E-state index contributed by atoms with van der Waals surface area (Å²) in [5.41, 5.74) is 2.40. The van der Waals surface area contributed by atoms with E-state index in [0.717, 1.165) is 56.3 Å². The summed E-state index contributed by atoms with van der Waals surface area (Å²) in [6.07, 6.45) is 4.36. The van der Waals surface area contributed by atoms with Gasteiger partial charge in [0.25, 0.3) is 11.5 Å². The van der Waals surface area contributed by atoms with E-state index in [1.807, 2.05) is 32.9 Å². The lowest BCUT2D eigenvalue weighted by Crippen LogP contribution is -2.57. The number of hydrogen-bond acceptors (Lipinski definition) is 10. The monoisotopic (exact) mass is 892 g/mol. The molecule has 0 radical (unpaired) electrons. The summed E-state index contributed by atoms with van der Waals surface area (Å²) in [6.45, 7) is 13.8. The number of nitrogens with two attached hydrogens (primary N) is 1. The highest BCUT2D eigenvalue weighted by Crippen LogP contribution is 2.49. The molecule has 2 aliphatic carbocycles. The lowest BCUT2D eigenvalue weighted by molar-refractivity contribution is -0.243. The van der Waals surface area contributed by atoms with Gasteiger partial charge in [0.05, 0.1) is 22.9 Å². The van der Waals surface area contributed by atoms with E-state index >= 15 is 0 Å². The van der Waals surface area contributed by atoms with E-state index in [-0.39, 0.29) is 34.9 Å². The van der Waals surface area contributed by atoms with Gasteiger partial charge in [0.2, 0.25) is 27.4 Å². The molecule has 3 fully saturated rings. The largest absolute Gasteiger partial charge is 0.497 e. The first-order chi connectivity index (χ1) is 28.4. The molecule has 2 aliphatic heterocycles. The molecular weight excluding hydrogens is 822 g/mol. The number of methoxy groups -OCH3 is 1. The zero-order chi connectivity index (χ0) is 46.1. The molecule has 2 saturated carbocycles. The molecule has 4 aliphatic rings. The van der Waals surface area contributed by atoms with E-state index in [1.54, 1.807) is 37.1 Å². The van der Waals surface area contributed by atoms with Crippen LogP contribution >= 0.6 is 0 Å². The quantitative estimate of drug-likeness (QED) is 0.212. The number of ether oxygens (including phenoxy) is 2. The lowest BCUT2D eigenvalue weighted by atomic mass is 9.91. The molecule has 1 saturated heterocycles. The van der Waals surface area contributed by atoms with Gasteiger partial charge >= 0.3 is 12.3 Å². The van der Waals surface area contributed by atoms with E-state index < -0.39 is 50.1 Å². The van der Waals surface area contributed by atoms with Gasteiger partial charge in [-0.2, -0.15) is 13.2 Å². The molecule has 15 nitrogen and oxygen atoms in total. The van der Waals surface area contributed by atoms with Crippen LogP contribution in [0.4, 0.5) is 18.0 Å². The number of primary amides is 1. The van der Waals surface area contributed by atoms with Crippen LogP contribution in [0.2, 0.25) is 0 Å². The van der Waals surface area contributed by atoms with Crippen molar-refractivity contribution in [2.45, 2.75) is 148 Å². The number of carbonyl (C=O) groups excluding carboxylic acids is 4. The maximum atomic E-state index is 13.3. The Morgan fingerprint density at radius 2 is 1.75 bits per heavy atom. The Kier molecular flexibility index (Phi) is 17.0. The van der Waals surface area contributed by atoms with Crippen molar-refractivity contribution in [1.29, 1.82) is 0 Å². The number of amides is 4. The number of aryl methyl sites for hydroxylation is 1. The maximum absolute atomic E-state index is 13.3. The number of nitrogens with zero attached hydrogens (tertiary/aromatic N) is 2. The van der Waals surface area contributed by atoms with E-state index in [0.29, 0.717) is 56.7 Å². The summed E-state index contributed by atoms with van der Waals surface area (Å²) in [5.74, 6) is 0.152. The van der Waals surface area contributed by atoms with Crippen LogP contribution in [0.15, 0.2) is 35.1 Å². The second-order valence-corrected chi connectivity index (χ2v) is 18.7. The first kappa shape index (κ1) is 50.7. The maximum Gasteiger partial charge on any atom is 0.427 e. The van der Waals surface area contributed by atoms with Gasteiger partial charge in [-0.3, -0.25) is 23.9 Å². The molecule has 5 atom stereocenters. The zero-order valence-corrected chi connectivity index (χ0v) is 37.5. The fourth-order valence-electron chi connectivity index (χ4n) is 7.43. The number of aromatic amines is 1. The predicted molar refractivity (Wildman–Crippen MR) is 233 cm³/mol. The minimum absolute atomic E-state index is 0. The SMILES string of the molecule is CC.CC(C)(OC(N)=O)C(F)(F)F.CCC1(S(=O)(=O)NC(=O)C23C[C@H]2/C=C\CC[C@@H](C)C[C@@H](C)CC(=O)N2CCCC2C(=O)N3)CC1.COc1ccc2[nH]c(=O)c(C)nc2c1.[HH].[HH].[HH].[HH]. The number of benzene rings is 1. The van der Waals surface area contributed by atoms with E-state index in [2.05, 4.69) is 44.3 Å². The van der Waals surface area contributed by atoms with Crippen LogP contribution in [-0.4, -0.2) is 88.9 Å². The first-order valence-electron chi connectivity index (χ1n) is 20.9. The molecule has 2 aromatic rings. The fraction of sp³-hybridized carbons (Fsp3) is 0.667.